The Kier molecular flexibility index (Phi) is 7.69. The summed E-state index contributed by atoms with van der Waals surface area (Å²) in [5.41, 5.74) is 5.87. The lowest BCUT2D eigenvalue weighted by Crippen LogP contribution is -2.52. The average Bonchev–Trinajstić information content (AvgIpc) is 3.36. The summed E-state index contributed by atoms with van der Waals surface area (Å²) >= 11 is 1.26. The van der Waals surface area contributed by atoms with Crippen LogP contribution in [0.5, 0.6) is 11.5 Å². The molecule has 3 aromatic rings. The van der Waals surface area contributed by atoms with Crippen molar-refractivity contribution in [3.05, 3.63) is 53.2 Å². The van der Waals surface area contributed by atoms with Crippen LogP contribution in [0.1, 0.15) is 84.2 Å². The Labute approximate surface area is 220 Å². The third kappa shape index (κ3) is 5.77. The number of amides is 4. The third-order valence-electron chi connectivity index (χ3n) is 7.29. The van der Waals surface area contributed by atoms with E-state index in [9.17, 15) is 14.4 Å². The van der Waals surface area contributed by atoms with E-state index in [1.165, 1.54) is 22.7 Å². The first-order valence-corrected chi connectivity index (χ1v) is 13.9. The van der Waals surface area contributed by atoms with E-state index < -0.39 is 5.91 Å². The van der Waals surface area contributed by atoms with Crippen molar-refractivity contribution in [2.24, 2.45) is 5.73 Å². The fourth-order valence-electron chi connectivity index (χ4n) is 5.32. The quantitative estimate of drug-likeness (QED) is 0.413. The number of hydrogen-bond donors (Lipinski definition) is 2. The number of rotatable bonds is 6. The maximum Gasteiger partial charge on any atom is 0.324 e. The molecule has 37 heavy (non-hydrogen) atoms. The van der Waals surface area contributed by atoms with Crippen LogP contribution in [0.15, 0.2) is 42.7 Å². The first kappa shape index (κ1) is 25.2. The maximum atomic E-state index is 13.6. The molecule has 0 bridgehead atoms. The van der Waals surface area contributed by atoms with E-state index in [2.05, 4.69) is 10.3 Å². The van der Waals surface area contributed by atoms with Crippen molar-refractivity contribution < 1.29 is 19.1 Å². The average molecular weight is 521 g/mol. The van der Waals surface area contributed by atoms with Gasteiger partial charge in [0.15, 0.2) is 5.75 Å². The zero-order valence-electron chi connectivity index (χ0n) is 20.8. The lowest BCUT2D eigenvalue weighted by Gasteiger charge is -2.34. The number of ether oxygens (including phenoxy) is 1. The summed E-state index contributed by atoms with van der Waals surface area (Å²) in [5, 5.41) is 3.89. The molecule has 0 spiro atoms. The van der Waals surface area contributed by atoms with Crippen molar-refractivity contribution in [3.8, 4) is 11.5 Å². The molecule has 0 atom stereocenters. The summed E-state index contributed by atoms with van der Waals surface area (Å²) in [6.07, 6.45) is 13.5. The molecule has 2 fully saturated rings. The predicted molar refractivity (Wildman–Crippen MR) is 143 cm³/mol. The highest BCUT2D eigenvalue weighted by atomic mass is 32.1. The van der Waals surface area contributed by atoms with Crippen LogP contribution >= 0.6 is 11.3 Å². The number of urea groups is 1. The summed E-state index contributed by atoms with van der Waals surface area (Å²) in [5.74, 6) is 0.245. The number of carbonyl (C=O) groups is 3. The molecule has 5 rings (SSSR count). The highest BCUT2D eigenvalue weighted by Crippen LogP contribution is 2.34. The molecule has 3 N–H and O–H groups in total. The molecule has 0 aliphatic heterocycles. The van der Waals surface area contributed by atoms with Crippen molar-refractivity contribution in [1.29, 1.82) is 0 Å². The highest BCUT2D eigenvalue weighted by molar-refractivity contribution is 7.20. The minimum atomic E-state index is -0.495. The normalized spacial score (nSPS) is 16.9. The Morgan fingerprint density at radius 1 is 0.946 bits per heavy atom. The van der Waals surface area contributed by atoms with Gasteiger partial charge in [0.2, 0.25) is 0 Å². The first-order chi connectivity index (χ1) is 18.0. The molecular weight excluding hydrogens is 488 g/mol. The maximum absolute atomic E-state index is 13.6. The van der Waals surface area contributed by atoms with Crippen LogP contribution < -0.4 is 15.8 Å². The number of hydrogen-bond acceptors (Lipinski definition) is 6. The second-order valence-corrected chi connectivity index (χ2v) is 11.0. The molecule has 0 radical (unpaired) electrons. The summed E-state index contributed by atoms with van der Waals surface area (Å²) in [7, 11) is 0. The number of aromatic nitrogens is 1. The van der Waals surface area contributed by atoms with E-state index in [1.807, 2.05) is 0 Å². The number of benzene rings is 1. The summed E-state index contributed by atoms with van der Waals surface area (Å²) in [4.78, 5) is 44.6. The molecule has 4 amide bonds. The lowest BCUT2D eigenvalue weighted by molar-refractivity contribution is 0.0701. The minimum Gasteiger partial charge on any atom is -0.455 e. The number of carbonyl (C=O) groups excluding carboxylic acids is 3. The predicted octanol–water partition coefficient (Wildman–Crippen LogP) is 6.00. The molecule has 0 unspecified atom stereocenters. The molecule has 0 saturated heterocycles. The van der Waals surface area contributed by atoms with Gasteiger partial charge >= 0.3 is 6.03 Å². The summed E-state index contributed by atoms with van der Waals surface area (Å²) in [6.45, 7) is 0. The number of nitrogens with one attached hydrogen (secondary N) is 1. The van der Waals surface area contributed by atoms with Crippen molar-refractivity contribution in [1.82, 2.24) is 15.2 Å². The van der Waals surface area contributed by atoms with Gasteiger partial charge in [-0.25, -0.2) is 4.79 Å². The molecule has 194 valence electrons. The van der Waals surface area contributed by atoms with Gasteiger partial charge in [-0.3, -0.25) is 19.5 Å². The Hall–Kier alpha value is -3.46. The molecule has 2 saturated carbocycles. The highest BCUT2D eigenvalue weighted by Gasteiger charge is 2.33. The number of pyridine rings is 1. The zero-order valence-corrected chi connectivity index (χ0v) is 21.6. The SMILES string of the molecule is NC(=O)c1cc2c(Oc3ccc(C(=O)N(C(=O)NC4CCCCC4)C4CCCCC4)cc3)cncc2s1. The van der Waals surface area contributed by atoms with Crippen molar-refractivity contribution in [2.45, 2.75) is 76.3 Å². The van der Waals surface area contributed by atoms with Crippen LogP contribution in [0.3, 0.4) is 0 Å². The largest absolute Gasteiger partial charge is 0.455 e. The molecule has 8 nitrogen and oxygen atoms in total. The van der Waals surface area contributed by atoms with Crippen LogP contribution in [-0.4, -0.2) is 39.8 Å². The Bertz CT molecular complexity index is 1280. The minimum absolute atomic E-state index is 0.0810. The van der Waals surface area contributed by atoms with E-state index in [4.69, 9.17) is 10.5 Å². The van der Waals surface area contributed by atoms with Crippen LogP contribution in [0.2, 0.25) is 0 Å². The van der Waals surface area contributed by atoms with E-state index in [0.29, 0.717) is 21.9 Å². The molecule has 2 aromatic heterocycles. The van der Waals surface area contributed by atoms with E-state index in [1.54, 1.807) is 42.7 Å². The van der Waals surface area contributed by atoms with Gasteiger partial charge in [0.1, 0.15) is 5.75 Å². The fraction of sp³-hybridized carbons (Fsp3) is 0.429. The van der Waals surface area contributed by atoms with Crippen LogP contribution in [0.25, 0.3) is 10.1 Å². The van der Waals surface area contributed by atoms with Gasteiger partial charge in [-0.2, -0.15) is 0 Å². The van der Waals surface area contributed by atoms with Gasteiger partial charge in [-0.05, 0) is 56.0 Å². The smallest absolute Gasteiger partial charge is 0.324 e. The summed E-state index contributed by atoms with van der Waals surface area (Å²) < 4.78 is 6.83. The molecule has 2 aliphatic carbocycles. The van der Waals surface area contributed by atoms with Gasteiger partial charge in [-0.1, -0.05) is 38.5 Å². The Morgan fingerprint density at radius 3 is 2.30 bits per heavy atom. The number of fused-ring (bicyclic) bond motifs is 1. The Morgan fingerprint density at radius 2 is 1.62 bits per heavy atom. The topological polar surface area (TPSA) is 115 Å². The van der Waals surface area contributed by atoms with Gasteiger partial charge < -0.3 is 15.8 Å². The van der Waals surface area contributed by atoms with Gasteiger partial charge in [0.05, 0.1) is 15.8 Å². The van der Waals surface area contributed by atoms with Gasteiger partial charge in [-0.15, -0.1) is 11.3 Å². The molecular formula is C28H32N4O4S. The third-order valence-corrected chi connectivity index (χ3v) is 8.38. The van der Waals surface area contributed by atoms with Crippen LogP contribution in [-0.2, 0) is 0 Å². The van der Waals surface area contributed by atoms with Crippen LogP contribution in [0.4, 0.5) is 4.79 Å². The molecule has 1 aromatic carbocycles. The number of primary amides is 1. The van der Waals surface area contributed by atoms with E-state index in [0.717, 1.165) is 67.9 Å². The summed E-state index contributed by atoms with van der Waals surface area (Å²) in [6, 6.07) is 8.29. The number of nitrogens with two attached hydrogens (primary N) is 1. The number of nitrogens with zero attached hydrogens (tertiary/aromatic N) is 2. The van der Waals surface area contributed by atoms with Crippen molar-refractivity contribution >= 4 is 39.3 Å². The standard InChI is InChI=1S/C28H32N4O4S/c29-26(33)24-15-22-23(16-30-17-25(22)37-24)36-21-13-11-18(12-14-21)27(34)32(20-9-5-2-6-10-20)28(35)31-19-7-3-1-4-8-19/h11-17,19-20H,1-10H2,(H2,29,33)(H,31,35). The molecule has 2 aliphatic rings. The Balaban J connectivity index is 1.33. The van der Waals surface area contributed by atoms with Gasteiger partial charge in [0.25, 0.3) is 11.8 Å². The molecule has 9 heteroatoms. The van der Waals surface area contributed by atoms with Crippen molar-refractivity contribution in [2.75, 3.05) is 0 Å². The van der Waals surface area contributed by atoms with Gasteiger partial charge in [0, 0.05) is 29.2 Å². The van der Waals surface area contributed by atoms with Crippen LogP contribution in [0, 0.1) is 0 Å². The second-order valence-electron chi connectivity index (χ2n) is 9.90. The monoisotopic (exact) mass is 520 g/mol. The number of imide groups is 1. The molecule has 2 heterocycles. The first-order valence-electron chi connectivity index (χ1n) is 13.1. The second kappa shape index (κ2) is 11.3. The zero-order chi connectivity index (χ0) is 25.8. The van der Waals surface area contributed by atoms with E-state index >= 15 is 0 Å². The lowest BCUT2D eigenvalue weighted by atomic mass is 9.93. The fourth-order valence-corrected chi connectivity index (χ4v) is 6.22. The number of thiophene rings is 1. The van der Waals surface area contributed by atoms with Crippen molar-refractivity contribution in [3.63, 3.8) is 0 Å². The van der Waals surface area contributed by atoms with E-state index in [-0.39, 0.29) is 24.0 Å².